The van der Waals surface area contributed by atoms with Gasteiger partial charge >= 0.3 is 6.18 Å². The third-order valence-corrected chi connectivity index (χ3v) is 8.15. The molecule has 4 nitrogen and oxygen atoms in total. The fourth-order valence-electron chi connectivity index (χ4n) is 5.96. The summed E-state index contributed by atoms with van der Waals surface area (Å²) in [6.07, 6.45) is -0.919. The summed E-state index contributed by atoms with van der Waals surface area (Å²) in [6.45, 7) is 4.81. The number of piperidine rings is 1. The van der Waals surface area contributed by atoms with Crippen LogP contribution in [0.25, 0.3) is 0 Å². The standard InChI is InChI=1S/C28H34F4N2O2/c1-26(2,36)27(25(35)33-18-19-14-22(28(30,31)32)16-23(29)15-19)11-8-24(17-27)34-12-9-21(10-13-34)20-6-4-3-5-7-20/h3-7,14-16,21,24,36H,8-13,17-18H2,1-2H3,(H,33,35). The summed E-state index contributed by atoms with van der Waals surface area (Å²) in [5.74, 6) is -0.903. The zero-order valence-electron chi connectivity index (χ0n) is 20.7. The summed E-state index contributed by atoms with van der Waals surface area (Å²) in [7, 11) is 0. The Hall–Kier alpha value is -2.45. The molecule has 36 heavy (non-hydrogen) atoms. The predicted molar refractivity (Wildman–Crippen MR) is 130 cm³/mol. The van der Waals surface area contributed by atoms with Crippen LogP contribution in [0.4, 0.5) is 17.6 Å². The summed E-state index contributed by atoms with van der Waals surface area (Å²) in [5, 5.41) is 13.7. The van der Waals surface area contributed by atoms with E-state index >= 15 is 0 Å². The van der Waals surface area contributed by atoms with E-state index in [2.05, 4.69) is 34.5 Å². The summed E-state index contributed by atoms with van der Waals surface area (Å²) in [6, 6.07) is 12.9. The van der Waals surface area contributed by atoms with Gasteiger partial charge in [-0.2, -0.15) is 13.2 Å². The second-order valence-corrected chi connectivity index (χ2v) is 10.8. The lowest BCUT2D eigenvalue weighted by Crippen LogP contribution is -2.53. The first-order valence-electron chi connectivity index (χ1n) is 12.6. The number of likely N-dealkylation sites (tertiary alicyclic amines) is 1. The first-order valence-corrected chi connectivity index (χ1v) is 12.6. The quantitative estimate of drug-likeness (QED) is 0.498. The second kappa shape index (κ2) is 10.1. The van der Waals surface area contributed by atoms with E-state index in [4.69, 9.17) is 0 Å². The van der Waals surface area contributed by atoms with Crippen LogP contribution in [0.1, 0.15) is 68.6 Å². The van der Waals surface area contributed by atoms with E-state index in [1.54, 1.807) is 13.8 Å². The molecule has 2 N–H and O–H groups in total. The van der Waals surface area contributed by atoms with Crippen LogP contribution in [0, 0.1) is 11.2 Å². The van der Waals surface area contributed by atoms with E-state index in [0.717, 1.165) is 44.5 Å². The molecule has 1 heterocycles. The Bertz CT molecular complexity index is 1060. The summed E-state index contributed by atoms with van der Waals surface area (Å²) in [5.41, 5.74) is -2.12. The first-order chi connectivity index (χ1) is 16.9. The van der Waals surface area contributed by atoms with Crippen molar-refractivity contribution in [3.05, 3.63) is 71.0 Å². The lowest BCUT2D eigenvalue weighted by molar-refractivity contribution is -0.147. The molecule has 0 aromatic heterocycles. The summed E-state index contributed by atoms with van der Waals surface area (Å²) >= 11 is 0. The molecular weight excluding hydrogens is 472 g/mol. The van der Waals surface area contributed by atoms with Crippen LogP contribution < -0.4 is 5.32 Å². The number of carbonyl (C=O) groups is 1. The van der Waals surface area contributed by atoms with Crippen LogP contribution in [0.15, 0.2) is 48.5 Å². The lowest BCUT2D eigenvalue weighted by atomic mass is 9.71. The van der Waals surface area contributed by atoms with Gasteiger partial charge in [0.15, 0.2) is 0 Å². The molecule has 2 unspecified atom stereocenters. The molecule has 1 saturated heterocycles. The fourth-order valence-corrected chi connectivity index (χ4v) is 5.96. The number of aliphatic hydroxyl groups is 1. The molecule has 4 rings (SSSR count). The van der Waals surface area contributed by atoms with Crippen LogP contribution in [0.5, 0.6) is 0 Å². The van der Waals surface area contributed by atoms with Crippen LogP contribution >= 0.6 is 0 Å². The Morgan fingerprint density at radius 1 is 1.08 bits per heavy atom. The van der Waals surface area contributed by atoms with Crippen LogP contribution in [0.3, 0.4) is 0 Å². The van der Waals surface area contributed by atoms with E-state index in [0.29, 0.717) is 24.8 Å². The Kier molecular flexibility index (Phi) is 7.49. The van der Waals surface area contributed by atoms with Crippen molar-refractivity contribution in [3.8, 4) is 0 Å². The third kappa shape index (κ3) is 5.59. The van der Waals surface area contributed by atoms with Gasteiger partial charge in [-0.15, -0.1) is 0 Å². The molecule has 2 aliphatic rings. The van der Waals surface area contributed by atoms with Gasteiger partial charge in [0.25, 0.3) is 0 Å². The monoisotopic (exact) mass is 506 g/mol. The number of hydrogen-bond acceptors (Lipinski definition) is 3. The van der Waals surface area contributed by atoms with Crippen LogP contribution in [0.2, 0.25) is 0 Å². The fraction of sp³-hybridized carbons (Fsp3) is 0.536. The molecule has 2 aromatic carbocycles. The molecule has 1 amide bonds. The molecule has 0 spiro atoms. The summed E-state index contributed by atoms with van der Waals surface area (Å²) < 4.78 is 53.0. The molecule has 1 saturated carbocycles. The van der Waals surface area contributed by atoms with Gasteiger partial charge in [0.05, 0.1) is 16.6 Å². The highest BCUT2D eigenvalue weighted by atomic mass is 19.4. The lowest BCUT2D eigenvalue weighted by Gasteiger charge is -2.41. The minimum absolute atomic E-state index is 0.0269. The van der Waals surface area contributed by atoms with E-state index in [9.17, 15) is 27.5 Å². The molecule has 1 aliphatic carbocycles. The zero-order valence-corrected chi connectivity index (χ0v) is 20.7. The Balaban J connectivity index is 1.42. The average Bonchev–Trinajstić information content (AvgIpc) is 3.30. The molecule has 1 aliphatic heterocycles. The van der Waals surface area contributed by atoms with Crippen molar-refractivity contribution in [2.45, 2.75) is 76.2 Å². The van der Waals surface area contributed by atoms with Crippen molar-refractivity contribution in [2.75, 3.05) is 13.1 Å². The number of benzene rings is 2. The number of nitrogens with one attached hydrogen (secondary N) is 1. The predicted octanol–water partition coefficient (Wildman–Crippen LogP) is 5.65. The number of alkyl halides is 3. The van der Waals surface area contributed by atoms with Gasteiger partial charge in [-0.3, -0.25) is 4.79 Å². The molecule has 2 atom stereocenters. The zero-order chi connectivity index (χ0) is 26.1. The van der Waals surface area contributed by atoms with Gasteiger partial charge < -0.3 is 15.3 Å². The highest BCUT2D eigenvalue weighted by Gasteiger charge is 2.55. The van der Waals surface area contributed by atoms with E-state index < -0.39 is 34.5 Å². The minimum Gasteiger partial charge on any atom is -0.389 e. The number of hydrogen-bond donors (Lipinski definition) is 2. The van der Waals surface area contributed by atoms with E-state index in [-0.39, 0.29) is 18.2 Å². The maximum atomic E-state index is 13.8. The highest BCUT2D eigenvalue weighted by Crippen LogP contribution is 2.49. The van der Waals surface area contributed by atoms with Crippen LogP contribution in [-0.2, 0) is 17.5 Å². The van der Waals surface area contributed by atoms with E-state index in [1.807, 2.05) is 6.07 Å². The molecule has 0 bridgehead atoms. The van der Waals surface area contributed by atoms with Gasteiger partial charge in [0.2, 0.25) is 5.91 Å². The van der Waals surface area contributed by atoms with Crippen molar-refractivity contribution in [1.29, 1.82) is 0 Å². The Labute approximate surface area is 209 Å². The van der Waals surface area contributed by atoms with Gasteiger partial charge in [-0.05, 0) is 94.3 Å². The number of rotatable bonds is 6. The molecular formula is C28H34F4N2O2. The summed E-state index contributed by atoms with van der Waals surface area (Å²) in [4.78, 5) is 15.8. The molecule has 8 heteroatoms. The average molecular weight is 507 g/mol. The largest absolute Gasteiger partial charge is 0.416 e. The van der Waals surface area contributed by atoms with E-state index in [1.165, 1.54) is 5.56 Å². The van der Waals surface area contributed by atoms with Gasteiger partial charge in [-0.1, -0.05) is 30.3 Å². The third-order valence-electron chi connectivity index (χ3n) is 8.15. The molecule has 196 valence electrons. The Morgan fingerprint density at radius 3 is 2.36 bits per heavy atom. The van der Waals surface area contributed by atoms with Crippen molar-refractivity contribution in [1.82, 2.24) is 10.2 Å². The molecule has 0 radical (unpaired) electrons. The number of amides is 1. The molecule has 2 fully saturated rings. The minimum atomic E-state index is -4.68. The van der Waals surface area contributed by atoms with Crippen molar-refractivity contribution < 1.29 is 27.5 Å². The smallest absolute Gasteiger partial charge is 0.389 e. The Morgan fingerprint density at radius 2 is 1.75 bits per heavy atom. The number of halogens is 4. The number of carbonyl (C=O) groups excluding carboxylic acids is 1. The van der Waals surface area contributed by atoms with Gasteiger partial charge in [0, 0.05) is 12.6 Å². The maximum Gasteiger partial charge on any atom is 0.416 e. The maximum absolute atomic E-state index is 13.8. The van der Waals surface area contributed by atoms with Crippen molar-refractivity contribution in [2.24, 2.45) is 5.41 Å². The topological polar surface area (TPSA) is 52.6 Å². The van der Waals surface area contributed by atoms with Crippen molar-refractivity contribution >= 4 is 5.91 Å². The SMILES string of the molecule is CC(C)(O)C1(C(=O)NCc2cc(F)cc(C(F)(F)F)c2)CCC(N2CCC(c3ccccc3)CC2)C1. The number of nitrogens with zero attached hydrogens (tertiary/aromatic N) is 1. The van der Waals surface area contributed by atoms with Crippen molar-refractivity contribution in [3.63, 3.8) is 0 Å². The van der Waals surface area contributed by atoms with Gasteiger partial charge in [-0.25, -0.2) is 4.39 Å². The first kappa shape index (κ1) is 26.6. The van der Waals surface area contributed by atoms with Gasteiger partial charge in [0.1, 0.15) is 5.82 Å². The normalized spacial score (nSPS) is 24.1. The highest BCUT2D eigenvalue weighted by molar-refractivity contribution is 5.84. The van der Waals surface area contributed by atoms with Crippen LogP contribution in [-0.4, -0.2) is 40.6 Å². The second-order valence-electron chi connectivity index (χ2n) is 10.8. The molecule has 2 aromatic rings.